The Morgan fingerprint density at radius 2 is 2.33 bits per heavy atom. The Hall–Kier alpha value is -1.35. The number of nitrogens with zero attached hydrogens (tertiary/aromatic N) is 2. The highest BCUT2D eigenvalue weighted by atomic mass is 35.5. The number of rotatable bonds is 2. The monoisotopic (exact) mass is 181 g/mol. The van der Waals surface area contributed by atoms with Gasteiger partial charge in [-0.15, -0.1) is 0 Å². The lowest BCUT2D eigenvalue weighted by atomic mass is 10.2. The van der Waals surface area contributed by atoms with Crippen molar-refractivity contribution in [2.45, 2.75) is 0 Å². The minimum absolute atomic E-state index is 0.178. The third-order valence-electron chi connectivity index (χ3n) is 1.31. The molecule has 62 valence electrons. The van der Waals surface area contributed by atoms with E-state index < -0.39 is 0 Å². The molecule has 3 nitrogen and oxygen atoms in total. The molecule has 0 fully saturated rings. The Balaban J connectivity index is 3.30. The van der Waals surface area contributed by atoms with E-state index in [9.17, 15) is 0 Å². The van der Waals surface area contributed by atoms with Crippen molar-refractivity contribution in [1.29, 1.82) is 0 Å². The zero-order chi connectivity index (χ0) is 9.14. The number of aromatic nitrogens is 2. The molecule has 0 radical (unpaired) electrons. The molecule has 0 spiro atoms. The van der Waals surface area contributed by atoms with Crippen LogP contribution in [0.1, 0.15) is 11.3 Å². The van der Waals surface area contributed by atoms with Gasteiger partial charge < -0.3 is 5.73 Å². The molecule has 1 aromatic heterocycles. The Kier molecular flexibility index (Phi) is 2.45. The fraction of sp³-hybridized carbons (Fsp3) is 0. The van der Waals surface area contributed by atoms with Gasteiger partial charge in [0.1, 0.15) is 0 Å². The van der Waals surface area contributed by atoms with Crippen LogP contribution >= 0.6 is 11.6 Å². The highest BCUT2D eigenvalue weighted by Crippen LogP contribution is 2.19. The first kappa shape index (κ1) is 8.74. The summed E-state index contributed by atoms with van der Waals surface area (Å²) in [5, 5.41) is 0.332. The zero-order valence-corrected chi connectivity index (χ0v) is 7.17. The van der Waals surface area contributed by atoms with Gasteiger partial charge in [0.25, 0.3) is 0 Å². The van der Waals surface area contributed by atoms with Crippen molar-refractivity contribution in [3.8, 4) is 0 Å². The van der Waals surface area contributed by atoms with E-state index in [2.05, 4.69) is 23.1 Å². The second-order valence-electron chi connectivity index (χ2n) is 2.14. The summed E-state index contributed by atoms with van der Waals surface area (Å²) in [6.07, 6.45) is 3.15. The Morgan fingerprint density at radius 1 is 1.67 bits per heavy atom. The van der Waals surface area contributed by atoms with Crippen LogP contribution in [0, 0.1) is 0 Å². The van der Waals surface area contributed by atoms with Gasteiger partial charge in [-0.1, -0.05) is 30.8 Å². The average Bonchev–Trinajstić information content (AvgIpc) is 2.04. The van der Waals surface area contributed by atoms with Crippen LogP contribution in [0.25, 0.3) is 11.1 Å². The number of nitrogens with two attached hydrogens (primary N) is 1. The second-order valence-corrected chi connectivity index (χ2v) is 2.60. The maximum atomic E-state index is 5.67. The fourth-order valence-corrected chi connectivity index (χ4v) is 0.923. The average molecular weight is 182 g/mol. The molecular formula is C8H8ClN3. The van der Waals surface area contributed by atoms with Crippen LogP contribution in [0.2, 0.25) is 0 Å². The van der Waals surface area contributed by atoms with E-state index in [-0.39, 0.29) is 5.95 Å². The summed E-state index contributed by atoms with van der Waals surface area (Å²) in [4.78, 5) is 7.70. The summed E-state index contributed by atoms with van der Waals surface area (Å²) in [6, 6.07) is 0. The predicted octanol–water partition coefficient (Wildman–Crippen LogP) is 1.91. The van der Waals surface area contributed by atoms with E-state index >= 15 is 0 Å². The fourth-order valence-electron chi connectivity index (χ4n) is 0.771. The molecule has 0 aliphatic carbocycles. The van der Waals surface area contributed by atoms with Gasteiger partial charge in [0.2, 0.25) is 5.95 Å². The van der Waals surface area contributed by atoms with E-state index in [1.165, 1.54) is 0 Å². The predicted molar refractivity (Wildman–Crippen MR) is 51.4 cm³/mol. The smallest absolute Gasteiger partial charge is 0.220 e. The van der Waals surface area contributed by atoms with Gasteiger partial charge in [-0.05, 0) is 0 Å². The molecule has 0 saturated carbocycles. The molecule has 0 amide bonds. The molecule has 12 heavy (non-hydrogen) atoms. The molecule has 1 heterocycles. The Bertz CT molecular complexity index is 333. The topological polar surface area (TPSA) is 51.8 Å². The summed E-state index contributed by atoms with van der Waals surface area (Å²) in [7, 11) is 0. The van der Waals surface area contributed by atoms with E-state index in [4.69, 9.17) is 17.3 Å². The maximum absolute atomic E-state index is 5.67. The quantitative estimate of drug-likeness (QED) is 0.759. The van der Waals surface area contributed by atoms with Crippen molar-refractivity contribution in [2.24, 2.45) is 0 Å². The summed E-state index contributed by atoms with van der Waals surface area (Å²) in [5.41, 5.74) is 6.62. The van der Waals surface area contributed by atoms with Crippen LogP contribution in [0.5, 0.6) is 0 Å². The van der Waals surface area contributed by atoms with Crippen molar-refractivity contribution in [3.05, 3.63) is 30.6 Å². The number of nitrogen functional groups attached to an aromatic ring is 1. The first-order valence-electron chi connectivity index (χ1n) is 3.25. The Labute approximate surface area is 75.6 Å². The van der Waals surface area contributed by atoms with Crippen LogP contribution in [-0.2, 0) is 0 Å². The first-order chi connectivity index (χ1) is 5.65. The molecule has 1 aromatic rings. The van der Waals surface area contributed by atoms with E-state index in [0.29, 0.717) is 10.7 Å². The first-order valence-corrected chi connectivity index (χ1v) is 3.62. The molecule has 0 aliphatic rings. The van der Waals surface area contributed by atoms with Crippen LogP contribution in [-0.4, -0.2) is 9.97 Å². The Morgan fingerprint density at radius 3 is 2.83 bits per heavy atom. The van der Waals surface area contributed by atoms with Crippen LogP contribution in [0.4, 0.5) is 5.95 Å². The van der Waals surface area contributed by atoms with Crippen molar-refractivity contribution in [2.75, 3.05) is 5.73 Å². The summed E-state index contributed by atoms with van der Waals surface area (Å²) < 4.78 is 0. The minimum Gasteiger partial charge on any atom is -0.368 e. The van der Waals surface area contributed by atoms with Crippen molar-refractivity contribution in [1.82, 2.24) is 9.97 Å². The zero-order valence-electron chi connectivity index (χ0n) is 6.42. The van der Waals surface area contributed by atoms with Gasteiger partial charge in [-0.3, -0.25) is 0 Å². The summed E-state index contributed by atoms with van der Waals surface area (Å²) in [6.45, 7) is 7.13. The minimum atomic E-state index is 0.178. The van der Waals surface area contributed by atoms with Gasteiger partial charge >= 0.3 is 0 Å². The largest absolute Gasteiger partial charge is 0.368 e. The highest BCUT2D eigenvalue weighted by Gasteiger charge is 2.04. The number of hydrogen-bond donors (Lipinski definition) is 1. The normalized spacial score (nSPS) is 9.42. The molecule has 0 aromatic carbocycles. The third kappa shape index (κ3) is 1.62. The van der Waals surface area contributed by atoms with E-state index in [1.807, 2.05) is 0 Å². The number of halogens is 1. The molecule has 0 aliphatic heterocycles. The lowest BCUT2D eigenvalue weighted by Gasteiger charge is -2.01. The molecule has 0 atom stereocenters. The summed E-state index contributed by atoms with van der Waals surface area (Å²) in [5.74, 6) is 0.178. The molecule has 2 N–H and O–H groups in total. The third-order valence-corrected chi connectivity index (χ3v) is 1.49. The molecule has 0 unspecified atom stereocenters. The van der Waals surface area contributed by atoms with Gasteiger partial charge in [0.05, 0.1) is 10.7 Å². The lowest BCUT2D eigenvalue weighted by Crippen LogP contribution is -1.98. The van der Waals surface area contributed by atoms with E-state index in [0.717, 1.165) is 5.56 Å². The number of anilines is 1. The SMILES string of the molecule is C=Cc1cnc(N)nc1C(=C)Cl. The summed E-state index contributed by atoms with van der Waals surface area (Å²) >= 11 is 5.67. The van der Waals surface area contributed by atoms with Crippen LogP contribution < -0.4 is 5.73 Å². The molecular weight excluding hydrogens is 174 g/mol. The van der Waals surface area contributed by atoms with Gasteiger partial charge in [0.15, 0.2) is 0 Å². The van der Waals surface area contributed by atoms with E-state index in [1.54, 1.807) is 12.3 Å². The molecule has 4 heteroatoms. The van der Waals surface area contributed by atoms with Crippen molar-refractivity contribution < 1.29 is 0 Å². The van der Waals surface area contributed by atoms with Gasteiger partial charge in [-0.25, -0.2) is 9.97 Å². The second kappa shape index (κ2) is 3.36. The highest BCUT2D eigenvalue weighted by molar-refractivity contribution is 6.48. The van der Waals surface area contributed by atoms with Gasteiger partial charge in [-0.2, -0.15) is 0 Å². The van der Waals surface area contributed by atoms with Crippen molar-refractivity contribution in [3.63, 3.8) is 0 Å². The molecule has 1 rings (SSSR count). The number of hydrogen-bond acceptors (Lipinski definition) is 3. The molecule has 0 bridgehead atoms. The van der Waals surface area contributed by atoms with Crippen LogP contribution in [0.15, 0.2) is 19.4 Å². The molecule has 0 saturated heterocycles. The van der Waals surface area contributed by atoms with Crippen molar-refractivity contribution >= 4 is 28.7 Å². The maximum Gasteiger partial charge on any atom is 0.220 e. The van der Waals surface area contributed by atoms with Gasteiger partial charge in [0, 0.05) is 11.8 Å². The van der Waals surface area contributed by atoms with Crippen LogP contribution in [0.3, 0.4) is 0 Å². The lowest BCUT2D eigenvalue weighted by molar-refractivity contribution is 1.16. The standard InChI is InChI=1S/C8H8ClN3/c1-3-6-4-11-8(10)12-7(6)5(2)9/h3-4H,1-2H2,(H2,10,11,12).